The van der Waals surface area contributed by atoms with E-state index in [1.54, 1.807) is 12.7 Å². The Hall–Kier alpha value is -1.02. The van der Waals surface area contributed by atoms with Crippen LogP contribution in [0.5, 0.6) is 5.75 Å². The lowest BCUT2D eigenvalue weighted by atomic mass is 9.55. The zero-order valence-corrected chi connectivity index (χ0v) is 13.1. The number of fused-ring (bicyclic) bond motifs is 5. The molecule has 0 aliphatic heterocycles. The molecule has 1 N–H and O–H groups in total. The Balaban J connectivity index is 1.68. The Morgan fingerprint density at radius 2 is 2.05 bits per heavy atom. The maximum Gasteiger partial charge on any atom is 0.119 e. The fourth-order valence-electron chi connectivity index (χ4n) is 5.66. The maximum atomic E-state index is 10.4. The summed E-state index contributed by atoms with van der Waals surface area (Å²) in [6.07, 6.45) is 7.07. The molecule has 114 valence electrons. The molecule has 0 bridgehead atoms. The Labute approximate surface area is 127 Å². The van der Waals surface area contributed by atoms with Crippen molar-refractivity contribution in [3.8, 4) is 5.75 Å². The highest BCUT2D eigenvalue weighted by Gasteiger charge is 2.54. The van der Waals surface area contributed by atoms with E-state index in [2.05, 4.69) is 25.1 Å². The van der Waals surface area contributed by atoms with Gasteiger partial charge in [-0.3, -0.25) is 0 Å². The van der Waals surface area contributed by atoms with Gasteiger partial charge >= 0.3 is 0 Å². The van der Waals surface area contributed by atoms with Gasteiger partial charge in [0.2, 0.25) is 0 Å². The third-order valence-electron chi connectivity index (χ3n) is 6.88. The third kappa shape index (κ3) is 1.88. The first-order valence-electron chi connectivity index (χ1n) is 8.48. The number of hydrogen-bond acceptors (Lipinski definition) is 2. The van der Waals surface area contributed by atoms with E-state index in [0.29, 0.717) is 5.92 Å². The molecule has 1 aromatic rings. The number of aliphatic hydroxyl groups excluding tert-OH is 1. The van der Waals surface area contributed by atoms with Crippen molar-refractivity contribution in [3.63, 3.8) is 0 Å². The molecule has 0 radical (unpaired) electrons. The number of aliphatic hydroxyl groups is 1. The molecule has 2 fully saturated rings. The van der Waals surface area contributed by atoms with Crippen LogP contribution in [0.2, 0.25) is 0 Å². The molecule has 3 aliphatic carbocycles. The number of ether oxygens (including phenoxy) is 1. The number of hydrogen-bond donors (Lipinski definition) is 1. The van der Waals surface area contributed by atoms with Crippen molar-refractivity contribution in [3.05, 3.63) is 29.3 Å². The largest absolute Gasteiger partial charge is 0.497 e. The van der Waals surface area contributed by atoms with Gasteiger partial charge in [-0.1, -0.05) is 13.0 Å². The lowest BCUT2D eigenvalue weighted by molar-refractivity contribution is -0.0226. The summed E-state index contributed by atoms with van der Waals surface area (Å²) in [7, 11) is 1.75. The van der Waals surface area contributed by atoms with E-state index >= 15 is 0 Å². The van der Waals surface area contributed by atoms with Crippen LogP contribution in [0, 0.1) is 17.3 Å². The summed E-state index contributed by atoms with van der Waals surface area (Å²) in [6, 6.07) is 6.67. The monoisotopic (exact) mass is 286 g/mol. The smallest absolute Gasteiger partial charge is 0.119 e. The molecular weight excluding hydrogens is 260 g/mol. The van der Waals surface area contributed by atoms with Crippen LogP contribution in [-0.4, -0.2) is 18.3 Å². The first kappa shape index (κ1) is 13.6. The van der Waals surface area contributed by atoms with Gasteiger partial charge in [0.1, 0.15) is 5.75 Å². The van der Waals surface area contributed by atoms with Gasteiger partial charge < -0.3 is 9.84 Å². The van der Waals surface area contributed by atoms with Gasteiger partial charge in [-0.05, 0) is 85.0 Å². The molecule has 2 saturated carbocycles. The lowest BCUT2D eigenvalue weighted by Crippen LogP contribution is -2.43. The van der Waals surface area contributed by atoms with Crippen LogP contribution in [0.15, 0.2) is 18.2 Å². The highest BCUT2D eigenvalue weighted by Crippen LogP contribution is 2.60. The van der Waals surface area contributed by atoms with Crippen LogP contribution in [-0.2, 0) is 6.42 Å². The second kappa shape index (κ2) is 4.74. The van der Waals surface area contributed by atoms with E-state index in [4.69, 9.17) is 4.74 Å². The van der Waals surface area contributed by atoms with E-state index in [1.165, 1.54) is 37.7 Å². The van der Waals surface area contributed by atoms with Crippen LogP contribution in [0.4, 0.5) is 0 Å². The zero-order valence-electron chi connectivity index (χ0n) is 13.1. The minimum atomic E-state index is -0.0688. The van der Waals surface area contributed by atoms with Gasteiger partial charge in [-0.15, -0.1) is 0 Å². The van der Waals surface area contributed by atoms with Crippen molar-refractivity contribution in [2.45, 2.75) is 57.5 Å². The van der Waals surface area contributed by atoms with Gasteiger partial charge in [-0.25, -0.2) is 0 Å². The van der Waals surface area contributed by atoms with E-state index < -0.39 is 0 Å². The summed E-state index contributed by atoms with van der Waals surface area (Å²) in [5.74, 6) is 3.20. The first-order valence-corrected chi connectivity index (χ1v) is 8.48. The van der Waals surface area contributed by atoms with E-state index in [0.717, 1.165) is 24.0 Å². The average molecular weight is 286 g/mol. The SMILES string of the molecule is COc1ccc2c(c1)CC[C@H]1[C@H]2CC[C@]2(C)[C@H](O)CC[C@@H]12. The molecule has 1 aromatic carbocycles. The zero-order chi connectivity index (χ0) is 14.6. The molecule has 2 heteroatoms. The van der Waals surface area contributed by atoms with Crippen LogP contribution in [0.3, 0.4) is 0 Å². The molecule has 0 saturated heterocycles. The predicted molar refractivity (Wildman–Crippen MR) is 83.6 cm³/mol. The van der Waals surface area contributed by atoms with Gasteiger partial charge in [-0.2, -0.15) is 0 Å². The van der Waals surface area contributed by atoms with Crippen molar-refractivity contribution in [2.75, 3.05) is 7.11 Å². The normalized spacial score (nSPS) is 41.1. The topological polar surface area (TPSA) is 29.5 Å². The van der Waals surface area contributed by atoms with E-state index in [-0.39, 0.29) is 11.5 Å². The second-order valence-electron chi connectivity index (χ2n) is 7.62. The van der Waals surface area contributed by atoms with Crippen molar-refractivity contribution >= 4 is 0 Å². The van der Waals surface area contributed by atoms with E-state index in [1.807, 2.05) is 0 Å². The number of benzene rings is 1. The summed E-state index contributed by atoms with van der Waals surface area (Å²) >= 11 is 0. The molecule has 4 rings (SSSR count). The Bertz CT molecular complexity index is 552. The van der Waals surface area contributed by atoms with Gasteiger partial charge in [0.15, 0.2) is 0 Å². The number of rotatable bonds is 1. The fourth-order valence-corrected chi connectivity index (χ4v) is 5.66. The van der Waals surface area contributed by atoms with Crippen LogP contribution < -0.4 is 4.74 Å². The Morgan fingerprint density at radius 3 is 2.86 bits per heavy atom. The van der Waals surface area contributed by atoms with Crippen LogP contribution >= 0.6 is 0 Å². The Kier molecular flexibility index (Phi) is 3.08. The van der Waals surface area contributed by atoms with E-state index in [9.17, 15) is 5.11 Å². The molecular formula is C19H26O2. The standard InChI is InChI=1S/C19H26O2/c1-19-10-9-15-14-6-4-13(21-2)11-12(14)3-5-16(15)17(19)7-8-18(19)20/h4,6,11,15-18,20H,3,5,7-10H2,1-2H3/t15-,16-,17-,18+,19-/m0/s1. The number of aryl methyl sites for hydroxylation is 1. The van der Waals surface area contributed by atoms with Gasteiger partial charge in [0, 0.05) is 0 Å². The minimum absolute atomic E-state index is 0.0688. The van der Waals surface area contributed by atoms with Crippen molar-refractivity contribution in [2.24, 2.45) is 17.3 Å². The molecule has 21 heavy (non-hydrogen) atoms. The summed E-state index contributed by atoms with van der Waals surface area (Å²) in [4.78, 5) is 0. The van der Waals surface area contributed by atoms with Crippen molar-refractivity contribution in [1.82, 2.24) is 0 Å². The third-order valence-corrected chi connectivity index (χ3v) is 6.88. The van der Waals surface area contributed by atoms with Crippen molar-refractivity contribution in [1.29, 1.82) is 0 Å². The van der Waals surface area contributed by atoms with Crippen LogP contribution in [0.25, 0.3) is 0 Å². The minimum Gasteiger partial charge on any atom is -0.497 e. The molecule has 5 atom stereocenters. The number of methoxy groups -OCH3 is 1. The predicted octanol–water partition coefficient (Wildman–Crippen LogP) is 3.91. The molecule has 0 unspecified atom stereocenters. The maximum absolute atomic E-state index is 10.4. The molecule has 0 amide bonds. The quantitative estimate of drug-likeness (QED) is 0.848. The highest BCUT2D eigenvalue weighted by atomic mass is 16.5. The lowest BCUT2D eigenvalue weighted by Gasteiger charge is -2.50. The first-order chi connectivity index (χ1) is 10.1. The fraction of sp³-hybridized carbons (Fsp3) is 0.684. The van der Waals surface area contributed by atoms with Crippen LogP contribution in [0.1, 0.15) is 56.1 Å². The summed E-state index contributed by atoms with van der Waals surface area (Å²) in [6.45, 7) is 2.34. The van der Waals surface area contributed by atoms with Crippen molar-refractivity contribution < 1.29 is 9.84 Å². The second-order valence-corrected chi connectivity index (χ2v) is 7.62. The van der Waals surface area contributed by atoms with Gasteiger partial charge in [0.25, 0.3) is 0 Å². The molecule has 0 spiro atoms. The molecule has 2 nitrogen and oxygen atoms in total. The highest BCUT2D eigenvalue weighted by molar-refractivity contribution is 5.40. The molecule has 0 heterocycles. The molecule has 0 aromatic heterocycles. The summed E-state index contributed by atoms with van der Waals surface area (Å²) in [5.41, 5.74) is 3.25. The Morgan fingerprint density at radius 1 is 1.19 bits per heavy atom. The summed E-state index contributed by atoms with van der Waals surface area (Å²) < 4.78 is 5.38. The summed E-state index contributed by atoms with van der Waals surface area (Å²) in [5, 5.41) is 10.4. The van der Waals surface area contributed by atoms with Gasteiger partial charge in [0.05, 0.1) is 13.2 Å². The molecule has 3 aliphatic rings. The average Bonchev–Trinajstić information content (AvgIpc) is 2.82.